The Morgan fingerprint density at radius 1 is 1.06 bits per heavy atom. The Kier molecular flexibility index (Phi) is 6.18. The number of benzene rings is 1. The standard InChI is InChI=1S/C18H14F7N3O4/c19-12-7-27(14-2-1-3-32-14)16(31)28(15(12)30)8-13(29)26-11-5-9(17(20,21)22)4-10(6-11)18(23,24)25/h4-7,14H,1-3,8H2,(H,26,29)/t14-/m0/s1. The molecule has 1 aliphatic heterocycles. The lowest BCUT2D eigenvalue weighted by molar-refractivity contribution is -0.143. The highest BCUT2D eigenvalue weighted by molar-refractivity contribution is 5.90. The number of aromatic nitrogens is 2. The molecule has 0 aliphatic carbocycles. The summed E-state index contributed by atoms with van der Waals surface area (Å²) in [5, 5.41) is 1.78. The minimum Gasteiger partial charge on any atom is -0.358 e. The molecule has 1 saturated heterocycles. The van der Waals surface area contributed by atoms with Crippen molar-refractivity contribution in [2.45, 2.75) is 38.0 Å². The molecule has 0 bridgehead atoms. The van der Waals surface area contributed by atoms with E-state index in [4.69, 9.17) is 4.74 Å². The fraction of sp³-hybridized carbons (Fsp3) is 0.389. The van der Waals surface area contributed by atoms with E-state index in [-0.39, 0.29) is 29.4 Å². The van der Waals surface area contributed by atoms with Crippen LogP contribution in [0.15, 0.2) is 34.0 Å². The Labute approximate surface area is 174 Å². The van der Waals surface area contributed by atoms with Gasteiger partial charge in [0.25, 0.3) is 5.56 Å². The number of ether oxygens (including phenoxy) is 1. The van der Waals surface area contributed by atoms with E-state index in [1.807, 2.05) is 0 Å². The normalized spacial score (nSPS) is 16.9. The van der Waals surface area contributed by atoms with Crippen LogP contribution in [0.25, 0.3) is 0 Å². The molecular weight excluding hydrogens is 455 g/mol. The molecule has 7 nitrogen and oxygen atoms in total. The van der Waals surface area contributed by atoms with Gasteiger partial charge < -0.3 is 10.1 Å². The van der Waals surface area contributed by atoms with Crippen molar-refractivity contribution in [2.75, 3.05) is 11.9 Å². The highest BCUT2D eigenvalue weighted by atomic mass is 19.4. The Morgan fingerprint density at radius 3 is 2.16 bits per heavy atom. The maximum Gasteiger partial charge on any atom is 0.416 e. The third-order valence-corrected chi connectivity index (χ3v) is 4.54. The number of carbonyl (C=O) groups is 1. The highest BCUT2D eigenvalue weighted by Gasteiger charge is 2.37. The number of anilines is 1. The lowest BCUT2D eigenvalue weighted by atomic mass is 10.1. The molecule has 1 aromatic carbocycles. The zero-order valence-electron chi connectivity index (χ0n) is 15.9. The van der Waals surface area contributed by atoms with Crippen molar-refractivity contribution in [1.82, 2.24) is 9.13 Å². The van der Waals surface area contributed by atoms with E-state index in [0.717, 1.165) is 4.57 Å². The predicted octanol–water partition coefficient (Wildman–Crippen LogP) is 3.13. The van der Waals surface area contributed by atoms with E-state index in [1.165, 1.54) is 0 Å². The predicted molar refractivity (Wildman–Crippen MR) is 94.2 cm³/mol. The fourth-order valence-electron chi connectivity index (χ4n) is 3.08. The molecule has 0 spiro atoms. The first-order valence-electron chi connectivity index (χ1n) is 9.00. The van der Waals surface area contributed by atoms with Crippen LogP contribution in [0.3, 0.4) is 0 Å². The zero-order chi connectivity index (χ0) is 23.8. The number of nitrogens with zero attached hydrogens (tertiary/aromatic N) is 2. The van der Waals surface area contributed by atoms with Crippen molar-refractivity contribution >= 4 is 11.6 Å². The van der Waals surface area contributed by atoms with Crippen molar-refractivity contribution in [3.05, 3.63) is 62.2 Å². The van der Waals surface area contributed by atoms with Crippen LogP contribution < -0.4 is 16.6 Å². The summed E-state index contributed by atoms with van der Waals surface area (Å²) in [4.78, 5) is 36.7. The highest BCUT2D eigenvalue weighted by Crippen LogP contribution is 2.37. The van der Waals surface area contributed by atoms with Gasteiger partial charge in [0.15, 0.2) is 0 Å². The lowest BCUT2D eigenvalue weighted by Crippen LogP contribution is -2.44. The maximum absolute atomic E-state index is 14.0. The summed E-state index contributed by atoms with van der Waals surface area (Å²) >= 11 is 0. The van der Waals surface area contributed by atoms with Crippen molar-refractivity contribution in [2.24, 2.45) is 0 Å². The average molecular weight is 469 g/mol. The lowest BCUT2D eigenvalue weighted by Gasteiger charge is -2.16. The second-order valence-corrected chi connectivity index (χ2v) is 6.87. The first-order chi connectivity index (χ1) is 14.8. The van der Waals surface area contributed by atoms with E-state index in [2.05, 4.69) is 0 Å². The van der Waals surface area contributed by atoms with Crippen molar-refractivity contribution < 1.29 is 40.3 Å². The molecule has 1 fully saturated rings. The number of nitrogens with one attached hydrogen (secondary N) is 1. The summed E-state index contributed by atoms with van der Waals surface area (Å²) in [6.45, 7) is -0.880. The number of hydrogen-bond donors (Lipinski definition) is 1. The minimum absolute atomic E-state index is 0.132. The smallest absolute Gasteiger partial charge is 0.358 e. The van der Waals surface area contributed by atoms with Crippen LogP contribution in [0.5, 0.6) is 0 Å². The first kappa shape index (κ1) is 23.5. The fourth-order valence-corrected chi connectivity index (χ4v) is 3.08. The van der Waals surface area contributed by atoms with Crippen LogP contribution >= 0.6 is 0 Å². The van der Waals surface area contributed by atoms with Crippen LogP contribution in [0, 0.1) is 5.82 Å². The molecule has 0 unspecified atom stereocenters. The molecule has 32 heavy (non-hydrogen) atoms. The molecule has 0 saturated carbocycles. The number of amides is 1. The van der Waals surface area contributed by atoms with Crippen molar-refractivity contribution in [3.8, 4) is 0 Å². The van der Waals surface area contributed by atoms with Gasteiger partial charge in [-0.3, -0.25) is 14.2 Å². The number of carbonyl (C=O) groups excluding carboxylic acids is 1. The van der Waals surface area contributed by atoms with E-state index in [9.17, 15) is 45.1 Å². The topological polar surface area (TPSA) is 82.3 Å². The molecule has 1 aromatic heterocycles. The van der Waals surface area contributed by atoms with Crippen LogP contribution in [0.1, 0.15) is 30.2 Å². The molecular formula is C18H14F7N3O4. The molecule has 1 N–H and O–H groups in total. The summed E-state index contributed by atoms with van der Waals surface area (Å²) < 4.78 is 97.8. The molecule has 3 rings (SSSR count). The molecule has 1 amide bonds. The zero-order valence-corrected chi connectivity index (χ0v) is 15.9. The van der Waals surface area contributed by atoms with E-state index < -0.39 is 64.9 Å². The van der Waals surface area contributed by atoms with Gasteiger partial charge in [0.05, 0.1) is 17.3 Å². The van der Waals surface area contributed by atoms with E-state index in [1.54, 1.807) is 5.32 Å². The van der Waals surface area contributed by atoms with Crippen molar-refractivity contribution in [3.63, 3.8) is 0 Å². The van der Waals surface area contributed by atoms with Gasteiger partial charge in [0.1, 0.15) is 12.8 Å². The SMILES string of the molecule is O=C(Cn1c(=O)c(F)cn([C@@H]2CCCO2)c1=O)Nc1cc(C(F)(F)F)cc(C(F)(F)F)c1. The molecule has 0 radical (unpaired) electrons. The molecule has 1 atom stereocenters. The summed E-state index contributed by atoms with van der Waals surface area (Å²) in [7, 11) is 0. The molecule has 14 heteroatoms. The Bertz CT molecular complexity index is 1110. The largest absolute Gasteiger partial charge is 0.416 e. The van der Waals surface area contributed by atoms with Gasteiger partial charge in [-0.05, 0) is 31.0 Å². The Balaban J connectivity index is 1.92. The van der Waals surface area contributed by atoms with Gasteiger partial charge >= 0.3 is 18.0 Å². The second kappa shape index (κ2) is 8.41. The molecule has 174 valence electrons. The number of halogens is 7. The van der Waals surface area contributed by atoms with Crippen LogP contribution in [-0.2, 0) is 28.4 Å². The van der Waals surface area contributed by atoms with Gasteiger partial charge in [0, 0.05) is 12.3 Å². The summed E-state index contributed by atoms with van der Waals surface area (Å²) in [5.74, 6) is -2.72. The molecule has 2 aromatic rings. The summed E-state index contributed by atoms with van der Waals surface area (Å²) in [6.07, 6.45) is -9.68. The van der Waals surface area contributed by atoms with Crippen LogP contribution in [0.2, 0.25) is 0 Å². The molecule has 2 heterocycles. The Morgan fingerprint density at radius 2 is 1.66 bits per heavy atom. The average Bonchev–Trinajstić information content (AvgIpc) is 3.21. The van der Waals surface area contributed by atoms with Gasteiger partial charge in [-0.15, -0.1) is 0 Å². The van der Waals surface area contributed by atoms with E-state index in [0.29, 0.717) is 19.0 Å². The van der Waals surface area contributed by atoms with Gasteiger partial charge in [-0.2, -0.15) is 30.7 Å². The minimum atomic E-state index is -5.14. The van der Waals surface area contributed by atoms with Gasteiger partial charge in [-0.25, -0.2) is 9.36 Å². The van der Waals surface area contributed by atoms with Crippen LogP contribution in [0.4, 0.5) is 36.4 Å². The first-order valence-corrected chi connectivity index (χ1v) is 9.00. The Hall–Kier alpha value is -3.16. The maximum atomic E-state index is 14.0. The van der Waals surface area contributed by atoms with Gasteiger partial charge in [-0.1, -0.05) is 0 Å². The summed E-state index contributed by atoms with van der Waals surface area (Å²) in [6, 6.07) is 0.380. The molecule has 1 aliphatic rings. The quantitative estimate of drug-likeness (QED) is 0.698. The summed E-state index contributed by atoms with van der Waals surface area (Å²) in [5.41, 5.74) is -6.84. The van der Waals surface area contributed by atoms with Crippen molar-refractivity contribution in [1.29, 1.82) is 0 Å². The van der Waals surface area contributed by atoms with Crippen LogP contribution in [-0.4, -0.2) is 21.6 Å². The second-order valence-electron chi connectivity index (χ2n) is 6.87. The van der Waals surface area contributed by atoms with Gasteiger partial charge in [0.2, 0.25) is 11.7 Å². The number of hydrogen-bond acceptors (Lipinski definition) is 4. The van der Waals surface area contributed by atoms with E-state index >= 15 is 0 Å². The third kappa shape index (κ3) is 5.00. The third-order valence-electron chi connectivity index (χ3n) is 4.54. The number of alkyl halides is 6. The number of rotatable bonds is 4. The monoisotopic (exact) mass is 469 g/mol.